The third-order valence-electron chi connectivity index (χ3n) is 3.47. The highest BCUT2D eigenvalue weighted by molar-refractivity contribution is 5.82. The average molecular weight is 213 g/mol. The van der Waals surface area contributed by atoms with Crippen LogP contribution in [0.1, 0.15) is 47.5 Å². The van der Waals surface area contributed by atoms with Crippen LogP contribution < -0.4 is 5.32 Å². The molecule has 1 saturated carbocycles. The highest BCUT2D eigenvalue weighted by atomic mass is 16.5. The molecule has 0 heterocycles. The molecule has 1 rings (SSSR count). The molecule has 0 bridgehead atoms. The van der Waals surface area contributed by atoms with Crippen molar-refractivity contribution in [2.24, 2.45) is 5.41 Å². The number of ether oxygens (including phenoxy) is 1. The zero-order valence-corrected chi connectivity index (χ0v) is 10.5. The van der Waals surface area contributed by atoms with E-state index in [-0.39, 0.29) is 17.4 Å². The van der Waals surface area contributed by atoms with Crippen molar-refractivity contribution in [2.75, 3.05) is 6.61 Å². The van der Waals surface area contributed by atoms with Crippen LogP contribution in [-0.4, -0.2) is 24.2 Å². The first-order chi connectivity index (χ1) is 6.85. The maximum atomic E-state index is 12.0. The Morgan fingerprint density at radius 3 is 2.40 bits per heavy atom. The van der Waals surface area contributed by atoms with Gasteiger partial charge in [-0.05, 0) is 46.0 Å². The van der Waals surface area contributed by atoms with Gasteiger partial charge in [-0.25, -0.2) is 0 Å². The zero-order valence-electron chi connectivity index (χ0n) is 10.5. The number of carbonyl (C=O) groups is 1. The molecular formula is C12H23NO2. The zero-order chi connectivity index (χ0) is 11.7. The van der Waals surface area contributed by atoms with Crippen LogP contribution in [0, 0.1) is 5.41 Å². The molecule has 1 aliphatic carbocycles. The van der Waals surface area contributed by atoms with Crippen LogP contribution in [0.15, 0.2) is 0 Å². The predicted molar refractivity (Wildman–Crippen MR) is 60.7 cm³/mol. The molecule has 0 saturated heterocycles. The van der Waals surface area contributed by atoms with Gasteiger partial charge in [0.05, 0.1) is 6.61 Å². The number of rotatable bonds is 5. The lowest BCUT2D eigenvalue weighted by Crippen LogP contribution is -2.58. The molecule has 3 nitrogen and oxygen atoms in total. The van der Waals surface area contributed by atoms with E-state index in [4.69, 9.17) is 4.74 Å². The van der Waals surface area contributed by atoms with Gasteiger partial charge in [-0.3, -0.25) is 10.1 Å². The smallest absolute Gasteiger partial charge is 0.326 e. The molecule has 1 unspecified atom stereocenters. The van der Waals surface area contributed by atoms with Gasteiger partial charge in [0.15, 0.2) is 0 Å². The molecule has 3 heteroatoms. The molecule has 15 heavy (non-hydrogen) atoms. The first-order valence-electron chi connectivity index (χ1n) is 5.80. The summed E-state index contributed by atoms with van der Waals surface area (Å²) in [4.78, 5) is 12.0. The minimum absolute atomic E-state index is 0.0729. The molecule has 1 N–H and O–H groups in total. The Morgan fingerprint density at radius 2 is 2.07 bits per heavy atom. The summed E-state index contributed by atoms with van der Waals surface area (Å²) in [5.41, 5.74) is -0.458. The van der Waals surface area contributed by atoms with Crippen LogP contribution in [0.3, 0.4) is 0 Å². The lowest BCUT2D eigenvalue weighted by Gasteiger charge is -2.36. The predicted octanol–water partition coefficient (Wildman–Crippen LogP) is 2.11. The molecule has 1 atom stereocenters. The molecule has 0 aromatic heterocycles. The summed E-state index contributed by atoms with van der Waals surface area (Å²) in [7, 11) is 0. The van der Waals surface area contributed by atoms with Crippen LogP contribution >= 0.6 is 0 Å². The minimum Gasteiger partial charge on any atom is -0.465 e. The van der Waals surface area contributed by atoms with E-state index < -0.39 is 5.54 Å². The Kier molecular flexibility index (Phi) is 3.44. The van der Waals surface area contributed by atoms with Crippen molar-refractivity contribution in [3.05, 3.63) is 0 Å². The molecule has 0 aliphatic heterocycles. The summed E-state index contributed by atoms with van der Waals surface area (Å²) in [6.45, 7) is 10.5. The normalized spacial score (nSPS) is 22.3. The summed E-state index contributed by atoms with van der Waals surface area (Å²) in [5, 5.41) is 3.37. The first kappa shape index (κ1) is 12.5. The van der Waals surface area contributed by atoms with E-state index in [0.29, 0.717) is 6.61 Å². The monoisotopic (exact) mass is 213 g/mol. The Bertz CT molecular complexity index is 246. The highest BCUT2D eigenvalue weighted by Gasteiger charge is 2.58. The Morgan fingerprint density at radius 1 is 1.53 bits per heavy atom. The minimum atomic E-state index is -0.531. The molecule has 1 aliphatic rings. The molecule has 88 valence electrons. The van der Waals surface area contributed by atoms with E-state index in [0.717, 1.165) is 12.8 Å². The summed E-state index contributed by atoms with van der Waals surface area (Å²) in [5.74, 6) is -0.112. The average Bonchev–Trinajstić information content (AvgIpc) is 2.84. The van der Waals surface area contributed by atoms with Gasteiger partial charge in [-0.15, -0.1) is 0 Å². The topological polar surface area (TPSA) is 38.3 Å². The first-order valence-corrected chi connectivity index (χ1v) is 5.80. The van der Waals surface area contributed by atoms with Crippen molar-refractivity contribution >= 4 is 5.97 Å². The third kappa shape index (κ3) is 2.33. The molecule has 0 amide bonds. The van der Waals surface area contributed by atoms with Crippen molar-refractivity contribution in [1.29, 1.82) is 0 Å². The number of hydrogen-bond donors (Lipinski definition) is 1. The molecule has 0 spiro atoms. The fraction of sp³-hybridized carbons (Fsp3) is 0.917. The second kappa shape index (κ2) is 4.12. The van der Waals surface area contributed by atoms with Gasteiger partial charge < -0.3 is 4.74 Å². The van der Waals surface area contributed by atoms with Gasteiger partial charge in [0.1, 0.15) is 5.54 Å². The van der Waals surface area contributed by atoms with Crippen LogP contribution in [0.2, 0.25) is 0 Å². The number of nitrogens with one attached hydrogen (secondary N) is 1. The van der Waals surface area contributed by atoms with Crippen molar-refractivity contribution in [3.8, 4) is 0 Å². The Hall–Kier alpha value is -0.570. The van der Waals surface area contributed by atoms with Crippen molar-refractivity contribution in [3.63, 3.8) is 0 Å². The lowest BCUT2D eigenvalue weighted by atomic mass is 9.83. The second-order valence-electron chi connectivity index (χ2n) is 5.21. The summed E-state index contributed by atoms with van der Waals surface area (Å²) in [6.07, 6.45) is 2.20. The number of carbonyl (C=O) groups excluding carboxylic acids is 1. The fourth-order valence-electron chi connectivity index (χ4n) is 2.02. The second-order valence-corrected chi connectivity index (χ2v) is 5.21. The maximum Gasteiger partial charge on any atom is 0.326 e. The van der Waals surface area contributed by atoms with Gasteiger partial charge in [0.2, 0.25) is 0 Å². The summed E-state index contributed by atoms with van der Waals surface area (Å²) < 4.78 is 5.17. The van der Waals surface area contributed by atoms with E-state index in [9.17, 15) is 4.79 Å². The Labute approximate surface area is 92.6 Å². The molecule has 0 aromatic rings. The van der Waals surface area contributed by atoms with Crippen LogP contribution in [0.25, 0.3) is 0 Å². The maximum absolute atomic E-state index is 12.0. The SMILES string of the molecule is CCOC(=O)C(C)(NC(C)C)C1(C)CC1. The van der Waals surface area contributed by atoms with Crippen molar-refractivity contribution in [1.82, 2.24) is 5.32 Å². The van der Waals surface area contributed by atoms with Gasteiger partial charge in [0, 0.05) is 6.04 Å². The van der Waals surface area contributed by atoms with Gasteiger partial charge in [-0.2, -0.15) is 0 Å². The van der Waals surface area contributed by atoms with Gasteiger partial charge in [-0.1, -0.05) is 6.92 Å². The summed E-state index contributed by atoms with van der Waals surface area (Å²) in [6, 6.07) is 0.289. The van der Waals surface area contributed by atoms with Gasteiger partial charge in [0.25, 0.3) is 0 Å². The summed E-state index contributed by atoms with van der Waals surface area (Å²) >= 11 is 0. The molecule has 0 radical (unpaired) electrons. The van der Waals surface area contributed by atoms with Crippen molar-refractivity contribution < 1.29 is 9.53 Å². The van der Waals surface area contributed by atoms with E-state index in [1.165, 1.54) is 0 Å². The highest BCUT2D eigenvalue weighted by Crippen LogP contribution is 2.54. The van der Waals surface area contributed by atoms with Crippen LogP contribution in [0.5, 0.6) is 0 Å². The van der Waals surface area contributed by atoms with E-state index >= 15 is 0 Å². The quantitative estimate of drug-likeness (QED) is 0.711. The van der Waals surface area contributed by atoms with E-state index in [1.54, 1.807) is 0 Å². The van der Waals surface area contributed by atoms with Crippen LogP contribution in [-0.2, 0) is 9.53 Å². The number of hydrogen-bond acceptors (Lipinski definition) is 3. The molecular weight excluding hydrogens is 190 g/mol. The Balaban J connectivity index is 2.81. The van der Waals surface area contributed by atoms with Crippen LogP contribution in [0.4, 0.5) is 0 Å². The van der Waals surface area contributed by atoms with Gasteiger partial charge >= 0.3 is 5.97 Å². The van der Waals surface area contributed by atoms with E-state index in [2.05, 4.69) is 26.1 Å². The molecule has 1 fully saturated rings. The largest absolute Gasteiger partial charge is 0.465 e. The fourth-order valence-corrected chi connectivity index (χ4v) is 2.02. The third-order valence-corrected chi connectivity index (χ3v) is 3.47. The number of esters is 1. The lowest BCUT2D eigenvalue weighted by molar-refractivity contribution is -0.154. The van der Waals surface area contributed by atoms with Crippen molar-refractivity contribution in [2.45, 2.75) is 59.0 Å². The molecule has 0 aromatic carbocycles. The van der Waals surface area contributed by atoms with E-state index in [1.807, 2.05) is 13.8 Å². The standard InChI is InChI=1S/C12H23NO2/c1-6-15-10(14)12(5,13-9(2)3)11(4)7-8-11/h9,13H,6-8H2,1-5H3.